The van der Waals surface area contributed by atoms with Crippen LogP contribution in [0.25, 0.3) is 0 Å². The lowest BCUT2D eigenvalue weighted by Gasteiger charge is -2.07. The van der Waals surface area contributed by atoms with Crippen LogP contribution in [0.15, 0.2) is 24.3 Å². The largest absolute Gasteiger partial charge is 0.374 e. The van der Waals surface area contributed by atoms with Crippen molar-refractivity contribution in [1.82, 2.24) is 0 Å². The van der Waals surface area contributed by atoms with Gasteiger partial charge in [-0.3, -0.25) is 0 Å². The van der Waals surface area contributed by atoms with E-state index in [0.717, 1.165) is 17.4 Å². The van der Waals surface area contributed by atoms with Crippen LogP contribution in [-0.2, 0) is 22.6 Å². The summed E-state index contributed by atoms with van der Waals surface area (Å²) in [6.45, 7) is 4.67. The second kappa shape index (κ2) is 5.55. The molecule has 0 amide bonds. The van der Waals surface area contributed by atoms with Crippen LogP contribution in [-0.4, -0.2) is 12.4 Å². The van der Waals surface area contributed by atoms with Crippen LogP contribution >= 0.6 is 0 Å². The molecule has 2 heteroatoms. The minimum Gasteiger partial charge on any atom is -0.374 e. The van der Waals surface area contributed by atoms with Crippen molar-refractivity contribution >= 4 is 6.29 Å². The lowest BCUT2D eigenvalue weighted by molar-refractivity contribution is -0.107. The van der Waals surface area contributed by atoms with Crippen molar-refractivity contribution in [2.75, 3.05) is 0 Å². The molecule has 1 rings (SSSR count). The molecule has 0 unspecified atom stereocenters. The van der Waals surface area contributed by atoms with E-state index >= 15 is 0 Å². The molecule has 0 spiro atoms. The van der Waals surface area contributed by atoms with Gasteiger partial charge >= 0.3 is 0 Å². The fourth-order valence-corrected chi connectivity index (χ4v) is 1.13. The molecule has 76 valence electrons. The van der Waals surface area contributed by atoms with Gasteiger partial charge in [0.25, 0.3) is 0 Å². The normalized spacial score (nSPS) is 10.5. The summed E-state index contributed by atoms with van der Waals surface area (Å²) in [6.07, 6.45) is 1.66. The fourth-order valence-electron chi connectivity index (χ4n) is 1.13. The van der Waals surface area contributed by atoms with Gasteiger partial charge in [-0.2, -0.15) is 0 Å². The summed E-state index contributed by atoms with van der Waals surface area (Å²) in [5.41, 5.74) is 2.20. The minimum absolute atomic E-state index is 0.254. The van der Waals surface area contributed by atoms with E-state index < -0.39 is 0 Å². The third kappa shape index (κ3) is 3.71. The fraction of sp³-hybridized carbons (Fsp3) is 0.417. The second-order valence-corrected chi connectivity index (χ2v) is 3.55. The van der Waals surface area contributed by atoms with E-state index in [1.54, 1.807) is 0 Å². The summed E-state index contributed by atoms with van der Waals surface area (Å²) < 4.78 is 5.46. The minimum atomic E-state index is 0.254. The van der Waals surface area contributed by atoms with Gasteiger partial charge in [0.15, 0.2) is 0 Å². The molecule has 0 saturated heterocycles. The number of benzene rings is 1. The number of aldehydes is 1. The Morgan fingerprint density at radius 3 is 2.29 bits per heavy atom. The van der Waals surface area contributed by atoms with Crippen molar-refractivity contribution in [3.05, 3.63) is 35.4 Å². The summed E-state index contributed by atoms with van der Waals surface area (Å²) in [5.74, 6) is 0. The van der Waals surface area contributed by atoms with Crippen molar-refractivity contribution in [1.29, 1.82) is 0 Å². The van der Waals surface area contributed by atoms with Gasteiger partial charge in [-0.15, -0.1) is 0 Å². The molecular weight excluding hydrogens is 176 g/mol. The first-order chi connectivity index (χ1) is 6.72. The molecule has 0 bridgehead atoms. The maximum Gasteiger partial charge on any atom is 0.124 e. The van der Waals surface area contributed by atoms with Crippen LogP contribution < -0.4 is 0 Å². The van der Waals surface area contributed by atoms with E-state index in [4.69, 9.17) is 4.74 Å². The van der Waals surface area contributed by atoms with E-state index in [9.17, 15) is 4.79 Å². The Hall–Kier alpha value is -1.15. The first kappa shape index (κ1) is 10.9. The van der Waals surface area contributed by atoms with Crippen LogP contribution in [0.1, 0.15) is 25.0 Å². The third-order valence-electron chi connectivity index (χ3n) is 1.93. The van der Waals surface area contributed by atoms with Gasteiger partial charge in [0.2, 0.25) is 0 Å². The Kier molecular flexibility index (Phi) is 4.33. The Balaban J connectivity index is 2.50. The predicted octanol–water partition coefficient (Wildman–Crippen LogP) is 2.35. The Morgan fingerprint density at radius 1 is 1.21 bits per heavy atom. The average Bonchev–Trinajstić information content (AvgIpc) is 2.17. The molecule has 0 N–H and O–H groups in total. The SMILES string of the molecule is CC(C)OCc1ccc(CC=O)cc1. The molecule has 2 nitrogen and oxygen atoms in total. The molecule has 14 heavy (non-hydrogen) atoms. The van der Waals surface area contributed by atoms with E-state index in [1.165, 1.54) is 0 Å². The van der Waals surface area contributed by atoms with Gasteiger partial charge in [-0.25, -0.2) is 0 Å². The second-order valence-electron chi connectivity index (χ2n) is 3.55. The Bertz CT molecular complexity index is 275. The number of hydrogen-bond acceptors (Lipinski definition) is 2. The standard InChI is InChI=1S/C12H16O2/c1-10(2)14-9-12-5-3-11(4-6-12)7-8-13/h3-6,8,10H,7,9H2,1-2H3. The third-order valence-corrected chi connectivity index (χ3v) is 1.93. The van der Waals surface area contributed by atoms with Crippen molar-refractivity contribution in [3.8, 4) is 0 Å². The molecule has 0 saturated carbocycles. The van der Waals surface area contributed by atoms with Crippen LogP contribution in [0.5, 0.6) is 0 Å². The first-order valence-electron chi connectivity index (χ1n) is 4.85. The monoisotopic (exact) mass is 192 g/mol. The van der Waals surface area contributed by atoms with Crippen LogP contribution in [0, 0.1) is 0 Å². The number of rotatable bonds is 5. The number of ether oxygens (including phenoxy) is 1. The lowest BCUT2D eigenvalue weighted by Crippen LogP contribution is -2.02. The molecule has 0 aliphatic heterocycles. The van der Waals surface area contributed by atoms with Gasteiger partial charge in [-0.1, -0.05) is 24.3 Å². The average molecular weight is 192 g/mol. The smallest absolute Gasteiger partial charge is 0.124 e. The van der Waals surface area contributed by atoms with Crippen molar-refractivity contribution < 1.29 is 9.53 Å². The van der Waals surface area contributed by atoms with Gasteiger partial charge in [0.1, 0.15) is 6.29 Å². The maximum atomic E-state index is 10.2. The molecule has 0 radical (unpaired) electrons. The molecule has 0 fully saturated rings. The molecule has 0 aliphatic rings. The van der Waals surface area contributed by atoms with Gasteiger partial charge in [0, 0.05) is 6.42 Å². The topological polar surface area (TPSA) is 26.3 Å². The highest BCUT2D eigenvalue weighted by atomic mass is 16.5. The van der Waals surface area contributed by atoms with Crippen LogP contribution in [0.3, 0.4) is 0 Å². The molecule has 0 heterocycles. The summed E-state index contributed by atoms with van der Waals surface area (Å²) in [4.78, 5) is 10.2. The highest BCUT2D eigenvalue weighted by Gasteiger charge is 1.96. The molecule has 0 aromatic heterocycles. The zero-order valence-corrected chi connectivity index (χ0v) is 8.69. The van der Waals surface area contributed by atoms with Gasteiger partial charge < -0.3 is 9.53 Å². The quantitative estimate of drug-likeness (QED) is 0.669. The van der Waals surface area contributed by atoms with Gasteiger partial charge in [-0.05, 0) is 25.0 Å². The molecule has 0 aliphatic carbocycles. The zero-order valence-electron chi connectivity index (χ0n) is 8.69. The van der Waals surface area contributed by atoms with Crippen LogP contribution in [0.4, 0.5) is 0 Å². The summed E-state index contributed by atoms with van der Waals surface area (Å²) >= 11 is 0. The first-order valence-corrected chi connectivity index (χ1v) is 4.85. The Morgan fingerprint density at radius 2 is 1.79 bits per heavy atom. The summed E-state index contributed by atoms with van der Waals surface area (Å²) in [7, 11) is 0. The lowest BCUT2D eigenvalue weighted by atomic mass is 10.1. The van der Waals surface area contributed by atoms with E-state index in [0.29, 0.717) is 13.0 Å². The number of carbonyl (C=O) groups is 1. The predicted molar refractivity (Wildman–Crippen MR) is 56.1 cm³/mol. The summed E-state index contributed by atoms with van der Waals surface area (Å²) in [5, 5.41) is 0. The highest BCUT2D eigenvalue weighted by molar-refractivity contribution is 5.54. The number of carbonyl (C=O) groups excluding carboxylic acids is 1. The molecule has 1 aromatic carbocycles. The maximum absolute atomic E-state index is 10.2. The van der Waals surface area contributed by atoms with Crippen molar-refractivity contribution in [2.24, 2.45) is 0 Å². The zero-order chi connectivity index (χ0) is 10.4. The molecule has 1 aromatic rings. The highest BCUT2D eigenvalue weighted by Crippen LogP contribution is 2.06. The summed E-state index contributed by atoms with van der Waals surface area (Å²) in [6, 6.07) is 7.93. The molecular formula is C12H16O2. The van der Waals surface area contributed by atoms with E-state index in [2.05, 4.69) is 0 Å². The van der Waals surface area contributed by atoms with Crippen LogP contribution in [0.2, 0.25) is 0 Å². The molecule has 0 atom stereocenters. The van der Waals surface area contributed by atoms with Gasteiger partial charge in [0.05, 0.1) is 12.7 Å². The Labute approximate surface area is 84.9 Å². The number of hydrogen-bond donors (Lipinski definition) is 0. The van der Waals surface area contributed by atoms with E-state index in [-0.39, 0.29) is 6.10 Å². The van der Waals surface area contributed by atoms with Crippen molar-refractivity contribution in [3.63, 3.8) is 0 Å². The van der Waals surface area contributed by atoms with Crippen molar-refractivity contribution in [2.45, 2.75) is 33.0 Å². The van der Waals surface area contributed by atoms with E-state index in [1.807, 2.05) is 38.1 Å².